The number of carboxylic acid groups (broad SMARTS) is 1. The Balaban J connectivity index is 2.65. The fourth-order valence-electron chi connectivity index (χ4n) is 1.61. The fourth-order valence-corrected chi connectivity index (χ4v) is 1.61. The van der Waals surface area contributed by atoms with E-state index in [2.05, 4.69) is 0 Å². The summed E-state index contributed by atoms with van der Waals surface area (Å²) in [5.74, 6) is 0.228. The molecule has 2 atom stereocenters. The lowest BCUT2D eigenvalue weighted by Gasteiger charge is -2.39. The Morgan fingerprint density at radius 1 is 1.64 bits per heavy atom. The molecule has 1 saturated heterocycles. The van der Waals surface area contributed by atoms with E-state index in [0.29, 0.717) is 6.61 Å². The zero-order chi connectivity index (χ0) is 10.7. The van der Waals surface area contributed by atoms with Gasteiger partial charge in [0.1, 0.15) is 0 Å². The molecule has 1 rings (SSSR count). The van der Waals surface area contributed by atoms with Crippen LogP contribution in [-0.4, -0.2) is 53.1 Å². The number of hydrogen-bond acceptors (Lipinski definition) is 3. The third-order valence-corrected chi connectivity index (χ3v) is 2.52. The number of morpholine rings is 1. The van der Waals surface area contributed by atoms with Gasteiger partial charge in [-0.25, -0.2) is 4.79 Å². The number of ether oxygens (including phenoxy) is 1. The molecule has 0 aromatic rings. The molecule has 0 aromatic carbocycles. The van der Waals surface area contributed by atoms with Gasteiger partial charge in [0.05, 0.1) is 31.9 Å². The van der Waals surface area contributed by atoms with Gasteiger partial charge < -0.3 is 19.8 Å². The lowest BCUT2D eigenvalue weighted by molar-refractivity contribution is -0.0827. The van der Waals surface area contributed by atoms with Crippen LogP contribution in [0.1, 0.15) is 13.8 Å². The molecule has 1 amide bonds. The van der Waals surface area contributed by atoms with Crippen molar-refractivity contribution in [3.8, 4) is 0 Å². The van der Waals surface area contributed by atoms with Gasteiger partial charge in [0.2, 0.25) is 0 Å². The van der Waals surface area contributed by atoms with Gasteiger partial charge in [0.25, 0.3) is 0 Å². The zero-order valence-electron chi connectivity index (χ0n) is 8.51. The number of rotatable bonds is 2. The molecule has 0 spiro atoms. The number of carbonyl (C=O) groups is 1. The minimum atomic E-state index is -0.939. The molecule has 5 heteroatoms. The second-order valence-corrected chi connectivity index (χ2v) is 3.88. The first kappa shape index (κ1) is 11.3. The smallest absolute Gasteiger partial charge is 0.407 e. The van der Waals surface area contributed by atoms with Crippen LogP contribution < -0.4 is 0 Å². The van der Waals surface area contributed by atoms with Crippen LogP contribution in [0.4, 0.5) is 4.79 Å². The molecule has 0 radical (unpaired) electrons. The third-order valence-electron chi connectivity index (χ3n) is 2.52. The van der Waals surface area contributed by atoms with Crippen LogP contribution in [0.5, 0.6) is 0 Å². The van der Waals surface area contributed by atoms with Gasteiger partial charge in [-0.2, -0.15) is 0 Å². The maximum absolute atomic E-state index is 10.9. The highest BCUT2D eigenvalue weighted by Gasteiger charge is 2.33. The Kier molecular flexibility index (Phi) is 3.71. The van der Waals surface area contributed by atoms with Crippen LogP contribution >= 0.6 is 0 Å². The maximum Gasteiger partial charge on any atom is 0.407 e. The van der Waals surface area contributed by atoms with Gasteiger partial charge in [0.15, 0.2) is 0 Å². The molecule has 0 aromatic heterocycles. The van der Waals surface area contributed by atoms with E-state index >= 15 is 0 Å². The first-order valence-corrected chi connectivity index (χ1v) is 4.78. The average molecular weight is 203 g/mol. The first-order valence-electron chi connectivity index (χ1n) is 4.78. The zero-order valence-corrected chi connectivity index (χ0v) is 8.51. The summed E-state index contributed by atoms with van der Waals surface area (Å²) in [6.07, 6.45) is -1.31. The highest BCUT2D eigenvalue weighted by molar-refractivity contribution is 5.65. The maximum atomic E-state index is 10.9. The molecule has 0 saturated carbocycles. The Morgan fingerprint density at radius 3 is 2.71 bits per heavy atom. The highest BCUT2D eigenvalue weighted by atomic mass is 16.5. The number of aliphatic hydroxyl groups is 1. The molecule has 1 fully saturated rings. The topological polar surface area (TPSA) is 70.0 Å². The van der Waals surface area contributed by atoms with E-state index in [9.17, 15) is 4.79 Å². The molecule has 82 valence electrons. The molecule has 0 unspecified atom stereocenters. The quantitative estimate of drug-likeness (QED) is 0.680. The first-order chi connectivity index (χ1) is 6.56. The summed E-state index contributed by atoms with van der Waals surface area (Å²) < 4.78 is 5.33. The molecule has 1 aliphatic heterocycles. The lowest BCUT2D eigenvalue weighted by Crippen LogP contribution is -2.54. The van der Waals surface area contributed by atoms with Crippen LogP contribution in [-0.2, 0) is 4.74 Å². The van der Waals surface area contributed by atoms with E-state index in [4.69, 9.17) is 14.9 Å². The minimum absolute atomic E-state index is 0.102. The second-order valence-electron chi connectivity index (χ2n) is 3.88. The molecule has 1 aliphatic rings. The van der Waals surface area contributed by atoms with Gasteiger partial charge in [-0.15, -0.1) is 0 Å². The van der Waals surface area contributed by atoms with E-state index in [1.807, 2.05) is 13.8 Å². The molecule has 1 heterocycles. The molecule has 14 heavy (non-hydrogen) atoms. The van der Waals surface area contributed by atoms with Crippen molar-refractivity contribution in [1.82, 2.24) is 4.90 Å². The largest absolute Gasteiger partial charge is 0.465 e. The summed E-state index contributed by atoms with van der Waals surface area (Å²) in [5.41, 5.74) is 0. The predicted octanol–water partition coefficient (Wildman–Crippen LogP) is 0.382. The van der Waals surface area contributed by atoms with Crippen molar-refractivity contribution in [3.05, 3.63) is 0 Å². The van der Waals surface area contributed by atoms with Crippen molar-refractivity contribution in [2.75, 3.05) is 19.8 Å². The SMILES string of the molecule is CC(C)[C@H]1CO[C@@H](CO)CN1C(=O)O. The fraction of sp³-hybridized carbons (Fsp3) is 0.889. The third kappa shape index (κ3) is 2.36. The monoisotopic (exact) mass is 203 g/mol. The molecule has 0 bridgehead atoms. The Morgan fingerprint density at radius 2 is 2.29 bits per heavy atom. The van der Waals surface area contributed by atoms with Crippen molar-refractivity contribution >= 4 is 6.09 Å². The van der Waals surface area contributed by atoms with Gasteiger partial charge in [-0.1, -0.05) is 13.8 Å². The Hall–Kier alpha value is -0.810. The molecular formula is C9H17NO4. The normalized spacial score (nSPS) is 28.1. The summed E-state index contributed by atoms with van der Waals surface area (Å²) in [4.78, 5) is 12.3. The Labute approximate surface area is 83.3 Å². The van der Waals surface area contributed by atoms with E-state index in [1.165, 1.54) is 4.90 Å². The van der Waals surface area contributed by atoms with Gasteiger partial charge >= 0.3 is 6.09 Å². The highest BCUT2D eigenvalue weighted by Crippen LogP contribution is 2.18. The number of amides is 1. The van der Waals surface area contributed by atoms with E-state index in [-0.39, 0.29) is 31.2 Å². The van der Waals surface area contributed by atoms with Crippen LogP contribution in [0.15, 0.2) is 0 Å². The lowest BCUT2D eigenvalue weighted by atomic mass is 10.0. The van der Waals surface area contributed by atoms with Crippen molar-refractivity contribution in [2.45, 2.75) is 26.0 Å². The van der Waals surface area contributed by atoms with Crippen molar-refractivity contribution < 1.29 is 19.7 Å². The van der Waals surface area contributed by atoms with Crippen LogP contribution in [0.3, 0.4) is 0 Å². The molecule has 2 N–H and O–H groups in total. The van der Waals surface area contributed by atoms with Crippen molar-refractivity contribution in [3.63, 3.8) is 0 Å². The summed E-state index contributed by atoms with van der Waals surface area (Å²) in [6.45, 7) is 4.42. The number of nitrogens with zero attached hydrogens (tertiary/aromatic N) is 1. The Bertz CT molecular complexity index is 207. The van der Waals surface area contributed by atoms with E-state index < -0.39 is 6.09 Å². The summed E-state index contributed by atoms with van der Waals surface area (Å²) >= 11 is 0. The predicted molar refractivity (Wildman–Crippen MR) is 50.2 cm³/mol. The minimum Gasteiger partial charge on any atom is -0.465 e. The molecule has 5 nitrogen and oxygen atoms in total. The van der Waals surface area contributed by atoms with Gasteiger partial charge in [-0.05, 0) is 5.92 Å². The molecule has 0 aliphatic carbocycles. The standard InChI is InChI=1S/C9H17NO4/c1-6(2)8-5-14-7(4-11)3-10(8)9(12)13/h6-8,11H,3-5H2,1-2H3,(H,12,13)/t7-,8-/m1/s1. The number of aliphatic hydroxyl groups excluding tert-OH is 1. The number of hydrogen-bond donors (Lipinski definition) is 2. The van der Waals surface area contributed by atoms with Crippen molar-refractivity contribution in [2.24, 2.45) is 5.92 Å². The van der Waals surface area contributed by atoms with Gasteiger partial charge in [-0.3, -0.25) is 0 Å². The summed E-state index contributed by atoms with van der Waals surface area (Å²) in [5, 5.41) is 17.8. The van der Waals surface area contributed by atoms with Crippen LogP contribution in [0.2, 0.25) is 0 Å². The van der Waals surface area contributed by atoms with Crippen LogP contribution in [0.25, 0.3) is 0 Å². The second kappa shape index (κ2) is 4.61. The molecular weight excluding hydrogens is 186 g/mol. The summed E-state index contributed by atoms with van der Waals surface area (Å²) in [6, 6.07) is -0.102. The van der Waals surface area contributed by atoms with Crippen LogP contribution in [0, 0.1) is 5.92 Å². The van der Waals surface area contributed by atoms with Crippen molar-refractivity contribution in [1.29, 1.82) is 0 Å². The average Bonchev–Trinajstić information content (AvgIpc) is 2.16. The van der Waals surface area contributed by atoms with E-state index in [1.54, 1.807) is 0 Å². The summed E-state index contributed by atoms with van der Waals surface area (Å²) in [7, 11) is 0. The van der Waals surface area contributed by atoms with Gasteiger partial charge in [0, 0.05) is 0 Å². The van der Waals surface area contributed by atoms with E-state index in [0.717, 1.165) is 0 Å².